The van der Waals surface area contributed by atoms with Gasteiger partial charge in [0.05, 0.1) is 11.7 Å². The van der Waals surface area contributed by atoms with Crippen molar-refractivity contribution in [2.75, 3.05) is 6.61 Å². The number of hydrogen-bond acceptors (Lipinski definition) is 3. The molecule has 0 aliphatic rings. The summed E-state index contributed by atoms with van der Waals surface area (Å²) in [4.78, 5) is 0. The van der Waals surface area contributed by atoms with E-state index in [0.29, 0.717) is 18.4 Å². The molecule has 0 aliphatic heterocycles. The molecule has 0 bridgehead atoms. The molecule has 0 aromatic heterocycles. The van der Waals surface area contributed by atoms with Crippen molar-refractivity contribution in [1.82, 2.24) is 0 Å². The minimum atomic E-state index is -0.921. The van der Waals surface area contributed by atoms with E-state index in [1.807, 2.05) is 13.8 Å². The van der Waals surface area contributed by atoms with Crippen molar-refractivity contribution in [2.45, 2.75) is 45.3 Å². The second-order valence-corrected chi connectivity index (χ2v) is 4.59. The summed E-state index contributed by atoms with van der Waals surface area (Å²) < 4.78 is 19.0. The third-order valence-corrected chi connectivity index (χ3v) is 3.25. The predicted molar refractivity (Wildman–Crippen MR) is 68.1 cm³/mol. The molecule has 0 aliphatic carbocycles. The maximum absolute atomic E-state index is 13.7. The van der Waals surface area contributed by atoms with Gasteiger partial charge < -0.3 is 14.9 Å². The zero-order valence-corrected chi connectivity index (χ0v) is 11.1. The number of halogens is 1. The highest BCUT2D eigenvalue weighted by Crippen LogP contribution is 2.24. The van der Waals surface area contributed by atoms with Gasteiger partial charge >= 0.3 is 0 Å². The van der Waals surface area contributed by atoms with E-state index in [1.54, 1.807) is 13.0 Å². The lowest BCUT2D eigenvalue weighted by molar-refractivity contribution is -0.0123. The van der Waals surface area contributed by atoms with Gasteiger partial charge in [-0.25, -0.2) is 4.39 Å². The predicted octanol–water partition coefficient (Wildman–Crippen LogP) is 2.81. The van der Waals surface area contributed by atoms with E-state index in [9.17, 15) is 14.6 Å². The van der Waals surface area contributed by atoms with Crippen LogP contribution in [0.15, 0.2) is 18.2 Å². The Morgan fingerprint density at radius 3 is 2.39 bits per heavy atom. The summed E-state index contributed by atoms with van der Waals surface area (Å²) in [5, 5.41) is 19.4. The molecule has 0 spiro atoms. The van der Waals surface area contributed by atoms with Crippen molar-refractivity contribution in [3.8, 4) is 5.75 Å². The first-order valence-electron chi connectivity index (χ1n) is 6.24. The van der Waals surface area contributed by atoms with E-state index in [-0.39, 0.29) is 12.4 Å². The number of benzene rings is 1. The SMILES string of the molecule is CCC(O)(CC)COc1ccc([C@H](C)O)cc1F. The average Bonchev–Trinajstić information content (AvgIpc) is 2.36. The van der Waals surface area contributed by atoms with Crippen LogP contribution in [0.1, 0.15) is 45.3 Å². The van der Waals surface area contributed by atoms with Crippen molar-refractivity contribution in [1.29, 1.82) is 0 Å². The van der Waals surface area contributed by atoms with E-state index in [4.69, 9.17) is 4.74 Å². The van der Waals surface area contributed by atoms with Crippen LogP contribution in [0, 0.1) is 5.82 Å². The third-order valence-electron chi connectivity index (χ3n) is 3.25. The highest BCUT2D eigenvalue weighted by atomic mass is 19.1. The quantitative estimate of drug-likeness (QED) is 0.822. The summed E-state index contributed by atoms with van der Waals surface area (Å²) in [6.07, 6.45) is 0.394. The Bertz CT molecular complexity index is 387. The van der Waals surface area contributed by atoms with Crippen LogP contribution in [0.4, 0.5) is 4.39 Å². The lowest BCUT2D eigenvalue weighted by Gasteiger charge is -2.25. The highest BCUT2D eigenvalue weighted by Gasteiger charge is 2.23. The molecule has 0 amide bonds. The van der Waals surface area contributed by atoms with Crippen LogP contribution < -0.4 is 4.74 Å². The Labute approximate surface area is 107 Å². The largest absolute Gasteiger partial charge is 0.488 e. The Kier molecular flexibility index (Phi) is 5.11. The summed E-state index contributed by atoms with van der Waals surface area (Å²) >= 11 is 0. The van der Waals surface area contributed by atoms with Crippen molar-refractivity contribution in [3.63, 3.8) is 0 Å². The van der Waals surface area contributed by atoms with Crippen molar-refractivity contribution < 1.29 is 19.3 Å². The monoisotopic (exact) mass is 256 g/mol. The lowest BCUT2D eigenvalue weighted by Crippen LogP contribution is -2.34. The van der Waals surface area contributed by atoms with E-state index < -0.39 is 17.5 Å². The summed E-state index contributed by atoms with van der Waals surface area (Å²) in [5.74, 6) is -0.428. The summed E-state index contributed by atoms with van der Waals surface area (Å²) in [6.45, 7) is 5.35. The zero-order valence-electron chi connectivity index (χ0n) is 11.1. The van der Waals surface area contributed by atoms with Crippen LogP contribution in [-0.2, 0) is 0 Å². The van der Waals surface area contributed by atoms with E-state index in [1.165, 1.54) is 12.1 Å². The minimum absolute atomic E-state index is 0.0605. The molecule has 1 rings (SSSR count). The normalized spacial score (nSPS) is 13.4. The molecule has 18 heavy (non-hydrogen) atoms. The molecule has 2 N–H and O–H groups in total. The standard InChI is InChI=1S/C14H21FO3/c1-4-14(17,5-2)9-18-13-7-6-11(10(3)16)8-12(13)15/h6-8,10,16-17H,4-5,9H2,1-3H3/t10-/m0/s1. The van der Waals surface area contributed by atoms with Gasteiger partial charge in [-0.2, -0.15) is 0 Å². The fraction of sp³-hybridized carbons (Fsp3) is 0.571. The second kappa shape index (κ2) is 6.16. The zero-order chi connectivity index (χ0) is 13.8. The number of rotatable bonds is 6. The molecule has 1 aromatic carbocycles. The van der Waals surface area contributed by atoms with Gasteiger partial charge in [-0.3, -0.25) is 0 Å². The number of hydrogen-bond donors (Lipinski definition) is 2. The van der Waals surface area contributed by atoms with E-state index in [2.05, 4.69) is 0 Å². The van der Waals surface area contributed by atoms with Gasteiger partial charge in [0.2, 0.25) is 0 Å². The summed E-state index contributed by atoms with van der Waals surface area (Å²) in [5.41, 5.74) is -0.420. The number of aliphatic hydroxyl groups excluding tert-OH is 1. The molecule has 3 nitrogen and oxygen atoms in total. The van der Waals surface area contributed by atoms with Gasteiger partial charge in [0.15, 0.2) is 11.6 Å². The van der Waals surface area contributed by atoms with Crippen molar-refractivity contribution >= 4 is 0 Å². The maximum Gasteiger partial charge on any atom is 0.165 e. The molecule has 0 radical (unpaired) electrons. The Morgan fingerprint density at radius 2 is 1.94 bits per heavy atom. The van der Waals surface area contributed by atoms with Crippen molar-refractivity contribution in [2.24, 2.45) is 0 Å². The maximum atomic E-state index is 13.7. The van der Waals surface area contributed by atoms with Crippen LogP contribution in [0.2, 0.25) is 0 Å². The van der Waals surface area contributed by atoms with Crippen LogP contribution in [0.5, 0.6) is 5.75 Å². The highest BCUT2D eigenvalue weighted by molar-refractivity contribution is 5.30. The van der Waals surface area contributed by atoms with Crippen molar-refractivity contribution in [3.05, 3.63) is 29.6 Å². The molecule has 1 aromatic rings. The van der Waals surface area contributed by atoms with Crippen LogP contribution in [0.3, 0.4) is 0 Å². The third kappa shape index (κ3) is 3.68. The molecule has 1 atom stereocenters. The molecule has 4 heteroatoms. The van der Waals surface area contributed by atoms with Gasteiger partial charge in [-0.1, -0.05) is 19.9 Å². The van der Waals surface area contributed by atoms with Gasteiger partial charge in [0.25, 0.3) is 0 Å². The van der Waals surface area contributed by atoms with Gasteiger partial charge in [0, 0.05) is 0 Å². The number of aliphatic hydroxyl groups is 2. The Morgan fingerprint density at radius 1 is 1.33 bits per heavy atom. The Balaban J connectivity index is 2.74. The fourth-order valence-corrected chi connectivity index (χ4v) is 1.56. The van der Waals surface area contributed by atoms with Gasteiger partial charge in [-0.05, 0) is 37.5 Å². The average molecular weight is 256 g/mol. The van der Waals surface area contributed by atoms with Crippen LogP contribution in [0.25, 0.3) is 0 Å². The molecular formula is C14H21FO3. The second-order valence-electron chi connectivity index (χ2n) is 4.59. The van der Waals surface area contributed by atoms with Crippen LogP contribution >= 0.6 is 0 Å². The number of ether oxygens (including phenoxy) is 1. The van der Waals surface area contributed by atoms with E-state index >= 15 is 0 Å². The molecule has 102 valence electrons. The smallest absolute Gasteiger partial charge is 0.165 e. The van der Waals surface area contributed by atoms with Gasteiger partial charge in [-0.15, -0.1) is 0 Å². The summed E-state index contributed by atoms with van der Waals surface area (Å²) in [7, 11) is 0. The Hall–Kier alpha value is -1.13. The molecule has 0 heterocycles. The first-order chi connectivity index (χ1) is 8.41. The molecule has 0 saturated carbocycles. The molecule has 0 saturated heterocycles. The van der Waals surface area contributed by atoms with Gasteiger partial charge in [0.1, 0.15) is 6.61 Å². The first kappa shape index (κ1) is 14.9. The summed E-state index contributed by atoms with van der Waals surface area (Å²) in [6, 6.07) is 4.33. The van der Waals surface area contributed by atoms with Crippen LogP contribution in [-0.4, -0.2) is 22.4 Å². The first-order valence-corrected chi connectivity index (χ1v) is 6.24. The fourth-order valence-electron chi connectivity index (χ4n) is 1.56. The lowest BCUT2D eigenvalue weighted by atomic mass is 9.99. The molecule has 0 fully saturated rings. The van der Waals surface area contributed by atoms with E-state index in [0.717, 1.165) is 0 Å². The molecule has 0 unspecified atom stereocenters. The molecular weight excluding hydrogens is 235 g/mol. The topological polar surface area (TPSA) is 49.7 Å². The minimum Gasteiger partial charge on any atom is -0.488 e.